The summed E-state index contributed by atoms with van der Waals surface area (Å²) in [5.41, 5.74) is 6.32. The van der Waals surface area contributed by atoms with Gasteiger partial charge in [0.2, 0.25) is 0 Å². The molecule has 0 spiro atoms. The third-order valence-electron chi connectivity index (χ3n) is 4.81. The van der Waals surface area contributed by atoms with Crippen LogP contribution >= 0.6 is 15.9 Å². The zero-order chi connectivity index (χ0) is 17.4. The number of nitrogens with zero attached hydrogens (tertiary/aromatic N) is 1. The highest BCUT2D eigenvalue weighted by Crippen LogP contribution is 2.30. The normalized spacial score (nSPS) is 11.3. The Labute approximate surface area is 156 Å². The Kier molecular flexibility index (Phi) is 4.26. The van der Waals surface area contributed by atoms with Crippen LogP contribution in [0.2, 0.25) is 0 Å². The molecular weight excluding hydrogens is 372 g/mol. The first-order valence-corrected chi connectivity index (χ1v) is 9.46. The van der Waals surface area contributed by atoms with Crippen molar-refractivity contribution < 1.29 is 0 Å². The van der Waals surface area contributed by atoms with Crippen molar-refractivity contribution in [2.24, 2.45) is 0 Å². The average Bonchev–Trinajstić information content (AvgIpc) is 2.96. The van der Waals surface area contributed by atoms with E-state index in [4.69, 9.17) is 0 Å². The maximum absolute atomic E-state index is 3.55. The van der Waals surface area contributed by atoms with Crippen molar-refractivity contribution in [3.63, 3.8) is 0 Å². The van der Waals surface area contributed by atoms with Gasteiger partial charge >= 0.3 is 0 Å². The van der Waals surface area contributed by atoms with Gasteiger partial charge in [0, 0.05) is 45.1 Å². The third kappa shape index (κ3) is 2.93. The third-order valence-corrected chi connectivity index (χ3v) is 5.70. The average molecular weight is 393 g/mol. The molecule has 3 aromatic carbocycles. The van der Waals surface area contributed by atoms with Crippen LogP contribution in [0.4, 0.5) is 5.69 Å². The summed E-state index contributed by atoms with van der Waals surface area (Å²) in [6, 6.07) is 21.8. The van der Waals surface area contributed by atoms with Gasteiger partial charge in [0.25, 0.3) is 0 Å². The summed E-state index contributed by atoms with van der Waals surface area (Å²) in [4.78, 5) is 0. The number of halogens is 1. The van der Waals surface area contributed by atoms with E-state index in [1.807, 2.05) is 0 Å². The van der Waals surface area contributed by atoms with Gasteiger partial charge in [0.05, 0.1) is 0 Å². The van der Waals surface area contributed by atoms with Gasteiger partial charge in [-0.05, 0) is 61.4 Å². The van der Waals surface area contributed by atoms with Crippen LogP contribution < -0.4 is 5.32 Å². The molecule has 0 amide bonds. The van der Waals surface area contributed by atoms with Gasteiger partial charge in [-0.15, -0.1) is 0 Å². The summed E-state index contributed by atoms with van der Waals surface area (Å²) < 4.78 is 3.53. The summed E-state index contributed by atoms with van der Waals surface area (Å²) >= 11 is 3.55. The summed E-state index contributed by atoms with van der Waals surface area (Å²) in [6.45, 7) is 6.13. The lowest BCUT2D eigenvalue weighted by Crippen LogP contribution is -2.00. The standard InChI is InChI=1S/C22H21BrN2/c1-3-25-21-7-5-4-6-18(21)19-13-16(8-11-22(19)25)14-24-17-9-10-20(23)15(2)12-17/h4-13,24H,3,14H2,1-2H3. The van der Waals surface area contributed by atoms with Crippen molar-refractivity contribution in [1.82, 2.24) is 4.57 Å². The van der Waals surface area contributed by atoms with Gasteiger partial charge in [0.1, 0.15) is 0 Å². The van der Waals surface area contributed by atoms with E-state index in [1.165, 1.54) is 32.9 Å². The fourth-order valence-electron chi connectivity index (χ4n) is 3.51. The van der Waals surface area contributed by atoms with E-state index in [0.717, 1.165) is 23.2 Å². The van der Waals surface area contributed by atoms with Gasteiger partial charge in [-0.2, -0.15) is 0 Å². The minimum absolute atomic E-state index is 0.822. The van der Waals surface area contributed by atoms with E-state index in [9.17, 15) is 0 Å². The maximum Gasteiger partial charge on any atom is 0.0491 e. The molecule has 2 nitrogen and oxygen atoms in total. The minimum atomic E-state index is 0.822. The molecule has 0 fully saturated rings. The van der Waals surface area contributed by atoms with E-state index in [1.54, 1.807) is 0 Å². The molecule has 0 saturated carbocycles. The first-order chi connectivity index (χ1) is 12.2. The Morgan fingerprint density at radius 3 is 2.52 bits per heavy atom. The Hall–Kier alpha value is -2.26. The van der Waals surface area contributed by atoms with Crippen molar-refractivity contribution in [3.8, 4) is 0 Å². The fraction of sp³-hybridized carbons (Fsp3) is 0.182. The maximum atomic E-state index is 3.55. The van der Waals surface area contributed by atoms with Crippen molar-refractivity contribution >= 4 is 43.4 Å². The van der Waals surface area contributed by atoms with Gasteiger partial charge in [0.15, 0.2) is 0 Å². The molecule has 4 rings (SSSR count). The number of fused-ring (bicyclic) bond motifs is 3. The molecule has 0 aliphatic rings. The molecule has 0 radical (unpaired) electrons. The van der Waals surface area contributed by atoms with Gasteiger partial charge in [-0.1, -0.05) is 40.2 Å². The summed E-state index contributed by atoms with van der Waals surface area (Å²) in [7, 11) is 0. The monoisotopic (exact) mass is 392 g/mol. The highest BCUT2D eigenvalue weighted by atomic mass is 79.9. The molecule has 0 aliphatic carbocycles. The second-order valence-corrected chi connectivity index (χ2v) is 7.28. The van der Waals surface area contributed by atoms with Crippen LogP contribution in [-0.2, 0) is 13.1 Å². The van der Waals surface area contributed by atoms with E-state index < -0.39 is 0 Å². The predicted molar refractivity (Wildman–Crippen MR) is 111 cm³/mol. The Balaban J connectivity index is 1.69. The number of hydrogen-bond acceptors (Lipinski definition) is 1. The van der Waals surface area contributed by atoms with Crippen molar-refractivity contribution in [3.05, 3.63) is 76.3 Å². The molecule has 1 N–H and O–H groups in total. The molecule has 0 bridgehead atoms. The van der Waals surface area contributed by atoms with Crippen molar-refractivity contribution in [1.29, 1.82) is 0 Å². The molecule has 0 atom stereocenters. The molecule has 0 aliphatic heterocycles. The number of benzene rings is 3. The molecular formula is C22H21BrN2. The number of aromatic nitrogens is 1. The van der Waals surface area contributed by atoms with Crippen LogP contribution in [0.25, 0.3) is 21.8 Å². The number of anilines is 1. The zero-order valence-corrected chi connectivity index (χ0v) is 16.1. The Bertz CT molecular complexity index is 1060. The fourth-order valence-corrected chi connectivity index (χ4v) is 3.76. The predicted octanol–water partition coefficient (Wildman–Crippen LogP) is 6.50. The minimum Gasteiger partial charge on any atom is -0.381 e. The largest absolute Gasteiger partial charge is 0.381 e. The summed E-state index contributed by atoms with van der Waals surface area (Å²) in [5.74, 6) is 0. The molecule has 126 valence electrons. The lowest BCUT2D eigenvalue weighted by Gasteiger charge is -2.09. The molecule has 1 heterocycles. The molecule has 4 aromatic rings. The highest BCUT2D eigenvalue weighted by molar-refractivity contribution is 9.10. The molecule has 0 saturated heterocycles. The van der Waals surface area contributed by atoms with Crippen LogP contribution in [0, 0.1) is 6.92 Å². The molecule has 25 heavy (non-hydrogen) atoms. The Morgan fingerprint density at radius 1 is 0.920 bits per heavy atom. The van der Waals surface area contributed by atoms with Crippen molar-refractivity contribution in [2.75, 3.05) is 5.32 Å². The van der Waals surface area contributed by atoms with Crippen LogP contribution in [0.15, 0.2) is 65.1 Å². The van der Waals surface area contributed by atoms with E-state index in [-0.39, 0.29) is 0 Å². The second-order valence-electron chi connectivity index (χ2n) is 6.43. The smallest absolute Gasteiger partial charge is 0.0491 e. The number of nitrogens with one attached hydrogen (secondary N) is 1. The van der Waals surface area contributed by atoms with Crippen LogP contribution in [0.3, 0.4) is 0 Å². The van der Waals surface area contributed by atoms with Gasteiger partial charge in [-0.3, -0.25) is 0 Å². The topological polar surface area (TPSA) is 17.0 Å². The second kappa shape index (κ2) is 6.57. The van der Waals surface area contributed by atoms with Crippen LogP contribution in [-0.4, -0.2) is 4.57 Å². The number of hydrogen-bond donors (Lipinski definition) is 1. The lowest BCUT2D eigenvalue weighted by atomic mass is 10.1. The number of para-hydroxylation sites is 1. The first kappa shape index (κ1) is 16.2. The van der Waals surface area contributed by atoms with E-state index in [2.05, 4.69) is 100 Å². The van der Waals surface area contributed by atoms with Gasteiger partial charge in [-0.25, -0.2) is 0 Å². The van der Waals surface area contributed by atoms with Crippen molar-refractivity contribution in [2.45, 2.75) is 26.9 Å². The summed E-state index contributed by atoms with van der Waals surface area (Å²) in [6.07, 6.45) is 0. The molecule has 1 aromatic heterocycles. The van der Waals surface area contributed by atoms with E-state index in [0.29, 0.717) is 0 Å². The zero-order valence-electron chi connectivity index (χ0n) is 14.5. The number of rotatable bonds is 4. The number of aryl methyl sites for hydroxylation is 2. The van der Waals surface area contributed by atoms with Crippen LogP contribution in [0.1, 0.15) is 18.1 Å². The molecule has 0 unspecified atom stereocenters. The summed E-state index contributed by atoms with van der Waals surface area (Å²) in [5, 5.41) is 6.21. The van der Waals surface area contributed by atoms with E-state index >= 15 is 0 Å². The Morgan fingerprint density at radius 2 is 1.72 bits per heavy atom. The highest BCUT2D eigenvalue weighted by Gasteiger charge is 2.09. The first-order valence-electron chi connectivity index (χ1n) is 8.67. The SMILES string of the molecule is CCn1c2ccccc2c2cc(CNc3ccc(Br)c(C)c3)ccc21. The van der Waals surface area contributed by atoms with Crippen LogP contribution in [0.5, 0.6) is 0 Å². The van der Waals surface area contributed by atoms with Gasteiger partial charge < -0.3 is 9.88 Å². The quantitative estimate of drug-likeness (QED) is 0.419. The lowest BCUT2D eigenvalue weighted by molar-refractivity contribution is 0.827. The molecule has 3 heteroatoms.